The number of nitrogens with zero attached hydrogens (tertiary/aromatic N) is 3. The van der Waals surface area contributed by atoms with Crippen LogP contribution in [0.1, 0.15) is 18.4 Å². The monoisotopic (exact) mass is 468 g/mol. The maximum Gasteiger partial charge on any atom is 0.227 e. The van der Waals surface area contributed by atoms with E-state index in [1.165, 1.54) is 12.1 Å². The molecule has 30 heavy (non-hydrogen) atoms. The van der Waals surface area contributed by atoms with E-state index in [4.69, 9.17) is 0 Å². The van der Waals surface area contributed by atoms with Crippen LogP contribution < -0.4 is 10.2 Å². The molecule has 0 saturated carbocycles. The number of rotatable bonds is 4. The third-order valence-corrected chi connectivity index (χ3v) is 6.28. The molecule has 1 aromatic heterocycles. The first-order valence-electron chi connectivity index (χ1n) is 9.91. The van der Waals surface area contributed by atoms with Crippen LogP contribution in [0.25, 0.3) is 11.3 Å². The zero-order valence-electron chi connectivity index (χ0n) is 16.6. The predicted octanol–water partition coefficient (Wildman–Crippen LogP) is 5.21. The predicted molar refractivity (Wildman–Crippen MR) is 120 cm³/mol. The Balaban J connectivity index is 1.34. The molecule has 1 aliphatic rings. The van der Waals surface area contributed by atoms with Gasteiger partial charge in [-0.05, 0) is 67.8 Å². The van der Waals surface area contributed by atoms with E-state index in [1.54, 1.807) is 6.07 Å². The summed E-state index contributed by atoms with van der Waals surface area (Å²) in [7, 11) is 0. The molecule has 154 valence electrons. The Kier molecular flexibility index (Phi) is 6.08. The topological polar surface area (TPSA) is 58.1 Å². The lowest BCUT2D eigenvalue weighted by atomic mass is 9.95. The lowest BCUT2D eigenvalue weighted by molar-refractivity contribution is -0.120. The first-order valence-corrected chi connectivity index (χ1v) is 10.7. The van der Waals surface area contributed by atoms with Crippen molar-refractivity contribution in [3.8, 4) is 11.3 Å². The highest BCUT2D eigenvalue weighted by Crippen LogP contribution is 2.26. The van der Waals surface area contributed by atoms with Crippen LogP contribution in [-0.4, -0.2) is 29.2 Å². The number of aromatic nitrogens is 2. The van der Waals surface area contributed by atoms with Crippen LogP contribution in [-0.2, 0) is 4.79 Å². The highest BCUT2D eigenvalue weighted by molar-refractivity contribution is 9.10. The number of carbonyl (C=O) groups excluding carboxylic acids is 1. The average molecular weight is 469 g/mol. The fourth-order valence-corrected chi connectivity index (χ4v) is 3.88. The lowest BCUT2D eigenvalue weighted by Crippen LogP contribution is -2.38. The standard InChI is InChI=1S/C23H22BrFN4O/c1-15-13-19(5-6-20(15)24)26-23(30)16-9-11-29(12-10-16)22-8-7-21(27-28-22)17-3-2-4-18(25)14-17/h2-8,13-14,16H,9-12H2,1H3,(H,26,30). The molecule has 3 aromatic rings. The Morgan fingerprint density at radius 3 is 2.57 bits per heavy atom. The third-order valence-electron chi connectivity index (χ3n) is 5.39. The van der Waals surface area contributed by atoms with E-state index in [-0.39, 0.29) is 17.6 Å². The molecule has 0 bridgehead atoms. The van der Waals surface area contributed by atoms with Crippen LogP contribution in [0.5, 0.6) is 0 Å². The van der Waals surface area contributed by atoms with Gasteiger partial charge in [-0.2, -0.15) is 0 Å². The van der Waals surface area contributed by atoms with Gasteiger partial charge in [-0.25, -0.2) is 4.39 Å². The van der Waals surface area contributed by atoms with E-state index in [1.807, 2.05) is 43.3 Å². The fourth-order valence-electron chi connectivity index (χ4n) is 3.63. The Morgan fingerprint density at radius 1 is 1.10 bits per heavy atom. The third kappa shape index (κ3) is 4.67. The van der Waals surface area contributed by atoms with Gasteiger partial charge in [0.15, 0.2) is 5.82 Å². The second-order valence-corrected chi connectivity index (χ2v) is 8.36. The van der Waals surface area contributed by atoms with E-state index >= 15 is 0 Å². The highest BCUT2D eigenvalue weighted by atomic mass is 79.9. The number of hydrogen-bond donors (Lipinski definition) is 1. The number of aryl methyl sites for hydroxylation is 1. The van der Waals surface area contributed by atoms with Gasteiger partial charge in [0.25, 0.3) is 0 Å². The molecule has 5 nitrogen and oxygen atoms in total. The van der Waals surface area contributed by atoms with E-state index in [0.717, 1.165) is 47.5 Å². The van der Waals surface area contributed by atoms with Gasteiger partial charge in [0.1, 0.15) is 5.82 Å². The largest absolute Gasteiger partial charge is 0.355 e. The highest BCUT2D eigenvalue weighted by Gasteiger charge is 2.26. The van der Waals surface area contributed by atoms with Crippen molar-refractivity contribution in [2.75, 3.05) is 23.3 Å². The van der Waals surface area contributed by atoms with Crippen molar-refractivity contribution in [3.63, 3.8) is 0 Å². The summed E-state index contributed by atoms with van der Waals surface area (Å²) in [5.41, 5.74) is 3.25. The molecule has 7 heteroatoms. The van der Waals surface area contributed by atoms with E-state index in [2.05, 4.69) is 36.3 Å². The Hall–Kier alpha value is -2.80. The maximum absolute atomic E-state index is 13.4. The minimum atomic E-state index is -0.294. The van der Waals surface area contributed by atoms with Crippen molar-refractivity contribution in [1.29, 1.82) is 0 Å². The molecule has 1 N–H and O–H groups in total. The summed E-state index contributed by atoms with van der Waals surface area (Å²) >= 11 is 3.48. The Labute approximate surface area is 183 Å². The van der Waals surface area contributed by atoms with E-state index in [0.29, 0.717) is 11.3 Å². The molecule has 0 unspecified atom stereocenters. The van der Waals surface area contributed by atoms with Gasteiger partial charge < -0.3 is 10.2 Å². The molecule has 1 fully saturated rings. The van der Waals surface area contributed by atoms with Crippen LogP contribution in [0.4, 0.5) is 15.9 Å². The second kappa shape index (κ2) is 8.92. The molecule has 2 heterocycles. The smallest absolute Gasteiger partial charge is 0.227 e. The summed E-state index contributed by atoms with van der Waals surface area (Å²) < 4.78 is 14.4. The SMILES string of the molecule is Cc1cc(NC(=O)C2CCN(c3ccc(-c4cccc(F)c4)nn3)CC2)ccc1Br. The summed E-state index contributed by atoms with van der Waals surface area (Å²) in [4.78, 5) is 14.8. The quantitative estimate of drug-likeness (QED) is 0.570. The van der Waals surface area contributed by atoms with Gasteiger partial charge in [0.2, 0.25) is 5.91 Å². The number of nitrogens with one attached hydrogen (secondary N) is 1. The van der Waals surface area contributed by atoms with Gasteiger partial charge >= 0.3 is 0 Å². The lowest BCUT2D eigenvalue weighted by Gasteiger charge is -2.31. The summed E-state index contributed by atoms with van der Waals surface area (Å²) in [5, 5.41) is 11.6. The van der Waals surface area contributed by atoms with Crippen molar-refractivity contribution < 1.29 is 9.18 Å². The number of piperidine rings is 1. The molecular weight excluding hydrogens is 447 g/mol. The van der Waals surface area contributed by atoms with Crippen molar-refractivity contribution in [1.82, 2.24) is 10.2 Å². The molecule has 4 rings (SSSR count). The normalized spacial score (nSPS) is 14.6. The number of hydrogen-bond acceptors (Lipinski definition) is 4. The first-order chi connectivity index (χ1) is 14.5. The van der Waals surface area contributed by atoms with Gasteiger partial charge in [-0.1, -0.05) is 28.1 Å². The molecule has 1 saturated heterocycles. The summed E-state index contributed by atoms with van der Waals surface area (Å²) in [6, 6.07) is 15.9. The zero-order chi connectivity index (χ0) is 21.1. The number of carbonyl (C=O) groups is 1. The van der Waals surface area contributed by atoms with E-state index in [9.17, 15) is 9.18 Å². The Bertz CT molecular complexity index is 1050. The van der Waals surface area contributed by atoms with Gasteiger partial charge in [0, 0.05) is 34.7 Å². The number of benzene rings is 2. The summed E-state index contributed by atoms with van der Waals surface area (Å²) in [5.74, 6) is 0.517. The van der Waals surface area contributed by atoms with Crippen molar-refractivity contribution >= 4 is 33.3 Å². The van der Waals surface area contributed by atoms with Gasteiger partial charge in [0.05, 0.1) is 5.69 Å². The first kappa shape index (κ1) is 20.5. The van der Waals surface area contributed by atoms with Crippen LogP contribution >= 0.6 is 15.9 Å². The molecule has 0 radical (unpaired) electrons. The van der Waals surface area contributed by atoms with Crippen LogP contribution in [0.15, 0.2) is 59.1 Å². The van der Waals surface area contributed by atoms with Crippen molar-refractivity contribution in [3.05, 3.63) is 70.5 Å². The Morgan fingerprint density at radius 2 is 1.90 bits per heavy atom. The fraction of sp³-hybridized carbons (Fsp3) is 0.261. The number of halogens is 2. The summed E-state index contributed by atoms with van der Waals surface area (Å²) in [6.07, 6.45) is 1.52. The zero-order valence-corrected chi connectivity index (χ0v) is 18.2. The molecule has 0 aliphatic carbocycles. The molecule has 2 aromatic carbocycles. The molecule has 0 spiro atoms. The molecule has 0 atom stereocenters. The minimum Gasteiger partial charge on any atom is -0.355 e. The van der Waals surface area contributed by atoms with Crippen molar-refractivity contribution in [2.45, 2.75) is 19.8 Å². The maximum atomic E-state index is 13.4. The second-order valence-electron chi connectivity index (χ2n) is 7.50. The van der Waals surface area contributed by atoms with Gasteiger partial charge in [-0.15, -0.1) is 10.2 Å². The molecule has 1 amide bonds. The van der Waals surface area contributed by atoms with Crippen molar-refractivity contribution in [2.24, 2.45) is 5.92 Å². The summed E-state index contributed by atoms with van der Waals surface area (Å²) in [6.45, 7) is 3.48. The average Bonchev–Trinajstić information content (AvgIpc) is 2.76. The number of amides is 1. The van der Waals surface area contributed by atoms with Crippen LogP contribution in [0.2, 0.25) is 0 Å². The van der Waals surface area contributed by atoms with E-state index < -0.39 is 0 Å². The molecule has 1 aliphatic heterocycles. The van der Waals surface area contributed by atoms with Gasteiger partial charge in [-0.3, -0.25) is 4.79 Å². The molecular formula is C23H22BrFN4O. The van der Waals surface area contributed by atoms with Crippen LogP contribution in [0.3, 0.4) is 0 Å². The number of anilines is 2. The minimum absolute atomic E-state index is 0.0234. The van der Waals surface area contributed by atoms with Crippen LogP contribution in [0, 0.1) is 18.7 Å².